The number of Topliss-reactive ketones (excluding diaryl/α,β-unsaturated/α-hetero) is 1. The summed E-state index contributed by atoms with van der Waals surface area (Å²) in [5, 5.41) is 0. The van der Waals surface area contributed by atoms with Gasteiger partial charge in [-0.25, -0.2) is 0 Å². The van der Waals surface area contributed by atoms with Crippen molar-refractivity contribution >= 4 is 11.8 Å². The number of ether oxygens (including phenoxy) is 1. The number of hydrogen-bond donors (Lipinski definition) is 0. The maximum Gasteiger partial charge on any atom is 0.310 e. The first-order valence-electron chi connectivity index (χ1n) is 7.11. The van der Waals surface area contributed by atoms with Crippen LogP contribution in [0, 0.1) is 17.8 Å². The maximum absolute atomic E-state index is 12.1. The molecule has 0 bridgehead atoms. The molecule has 1 aliphatic carbocycles. The first-order chi connectivity index (χ1) is 9.29. The number of carbonyl (C=O) groups excluding carboxylic acids is 2. The van der Waals surface area contributed by atoms with Crippen molar-refractivity contribution in [1.82, 2.24) is 0 Å². The van der Waals surface area contributed by atoms with E-state index in [0.29, 0.717) is 6.42 Å². The lowest BCUT2D eigenvalue weighted by atomic mass is 10.0. The fourth-order valence-corrected chi connectivity index (χ4v) is 2.57. The third-order valence-corrected chi connectivity index (χ3v) is 3.76. The number of esters is 1. The quantitative estimate of drug-likeness (QED) is 0.623. The Bertz CT molecular complexity index is 499. The van der Waals surface area contributed by atoms with Crippen molar-refractivity contribution in [2.24, 2.45) is 17.8 Å². The van der Waals surface area contributed by atoms with Crippen LogP contribution in [0.25, 0.3) is 0 Å². The molecule has 0 N–H and O–H groups in total. The topological polar surface area (TPSA) is 43.4 Å². The predicted molar refractivity (Wildman–Crippen MR) is 77.4 cm³/mol. The van der Waals surface area contributed by atoms with Crippen LogP contribution < -0.4 is 0 Å². The van der Waals surface area contributed by atoms with Gasteiger partial charge in [0.2, 0.25) is 0 Å². The molecule has 0 aromatic heterocycles. The molecule has 1 aromatic rings. The fraction of sp³-hybridized carbons (Fsp3) is 0.529. The molecule has 0 aliphatic heterocycles. The molecular formula is C17H22O3. The SMILES string of the molecule is C[C@@H]1[C@@H](CC(=O)c2ccccc2)[C@@H]1C(=O)OC(C)(C)C. The minimum atomic E-state index is -0.465. The monoisotopic (exact) mass is 274 g/mol. The van der Waals surface area contributed by atoms with E-state index in [-0.39, 0.29) is 29.5 Å². The van der Waals surface area contributed by atoms with Crippen LogP contribution in [-0.2, 0) is 9.53 Å². The van der Waals surface area contributed by atoms with Gasteiger partial charge in [0.25, 0.3) is 0 Å². The van der Waals surface area contributed by atoms with Gasteiger partial charge < -0.3 is 4.74 Å². The average molecular weight is 274 g/mol. The van der Waals surface area contributed by atoms with Gasteiger partial charge in [-0.3, -0.25) is 9.59 Å². The molecule has 1 saturated carbocycles. The van der Waals surface area contributed by atoms with Gasteiger partial charge >= 0.3 is 5.97 Å². The maximum atomic E-state index is 12.1. The van der Waals surface area contributed by atoms with Gasteiger partial charge in [0.05, 0.1) is 5.92 Å². The van der Waals surface area contributed by atoms with Gasteiger partial charge in [0, 0.05) is 12.0 Å². The highest BCUT2D eigenvalue weighted by atomic mass is 16.6. The molecule has 0 unspecified atom stereocenters. The Morgan fingerprint density at radius 3 is 2.30 bits per heavy atom. The third-order valence-electron chi connectivity index (χ3n) is 3.76. The molecule has 0 saturated heterocycles. The molecule has 3 heteroatoms. The summed E-state index contributed by atoms with van der Waals surface area (Å²) < 4.78 is 5.40. The highest BCUT2D eigenvalue weighted by Crippen LogP contribution is 2.49. The fourth-order valence-electron chi connectivity index (χ4n) is 2.57. The molecule has 20 heavy (non-hydrogen) atoms. The van der Waals surface area contributed by atoms with E-state index in [9.17, 15) is 9.59 Å². The van der Waals surface area contributed by atoms with E-state index in [2.05, 4.69) is 0 Å². The van der Waals surface area contributed by atoms with E-state index in [1.807, 2.05) is 58.0 Å². The van der Waals surface area contributed by atoms with Crippen molar-refractivity contribution in [2.75, 3.05) is 0 Å². The van der Waals surface area contributed by atoms with Gasteiger partial charge in [-0.05, 0) is 32.6 Å². The molecule has 0 spiro atoms. The van der Waals surface area contributed by atoms with E-state index in [4.69, 9.17) is 4.74 Å². The summed E-state index contributed by atoms with van der Waals surface area (Å²) in [4.78, 5) is 24.2. The smallest absolute Gasteiger partial charge is 0.310 e. The van der Waals surface area contributed by atoms with Gasteiger partial charge in [-0.2, -0.15) is 0 Å². The first kappa shape index (κ1) is 14.8. The summed E-state index contributed by atoms with van der Waals surface area (Å²) >= 11 is 0. The van der Waals surface area contributed by atoms with Crippen LogP contribution in [0.5, 0.6) is 0 Å². The third kappa shape index (κ3) is 3.47. The van der Waals surface area contributed by atoms with E-state index < -0.39 is 5.60 Å². The van der Waals surface area contributed by atoms with Crippen molar-refractivity contribution in [3.8, 4) is 0 Å². The Labute approximate surface area is 120 Å². The molecule has 1 aromatic carbocycles. The van der Waals surface area contributed by atoms with Crippen molar-refractivity contribution in [3.05, 3.63) is 35.9 Å². The summed E-state index contributed by atoms with van der Waals surface area (Å²) in [5.41, 5.74) is 0.252. The second-order valence-corrected chi connectivity index (χ2v) is 6.58. The number of benzene rings is 1. The predicted octanol–water partition coefficient (Wildman–Crippen LogP) is 3.48. The molecule has 0 heterocycles. The van der Waals surface area contributed by atoms with Crippen LogP contribution in [-0.4, -0.2) is 17.4 Å². The van der Waals surface area contributed by atoms with Crippen molar-refractivity contribution in [3.63, 3.8) is 0 Å². The largest absolute Gasteiger partial charge is 0.460 e. The Hall–Kier alpha value is -1.64. The Kier molecular flexibility index (Phi) is 3.98. The first-order valence-corrected chi connectivity index (χ1v) is 7.11. The molecular weight excluding hydrogens is 252 g/mol. The lowest BCUT2D eigenvalue weighted by Crippen LogP contribution is -2.25. The minimum Gasteiger partial charge on any atom is -0.460 e. The van der Waals surface area contributed by atoms with Crippen molar-refractivity contribution in [1.29, 1.82) is 0 Å². The van der Waals surface area contributed by atoms with Gasteiger partial charge in [0.15, 0.2) is 5.78 Å². The second-order valence-electron chi connectivity index (χ2n) is 6.58. The molecule has 3 nitrogen and oxygen atoms in total. The number of carbonyl (C=O) groups is 2. The molecule has 0 radical (unpaired) electrons. The number of hydrogen-bond acceptors (Lipinski definition) is 3. The van der Waals surface area contributed by atoms with E-state index in [1.54, 1.807) is 0 Å². The van der Waals surface area contributed by atoms with Crippen LogP contribution in [0.15, 0.2) is 30.3 Å². The van der Waals surface area contributed by atoms with Gasteiger partial charge in [0.1, 0.15) is 5.60 Å². The normalized spacial score (nSPS) is 25.1. The molecule has 0 amide bonds. The summed E-state index contributed by atoms with van der Waals surface area (Å²) in [6.07, 6.45) is 0.426. The molecule has 3 atom stereocenters. The number of ketones is 1. The van der Waals surface area contributed by atoms with Crippen LogP contribution in [0.2, 0.25) is 0 Å². The van der Waals surface area contributed by atoms with Gasteiger partial charge in [-0.1, -0.05) is 37.3 Å². The summed E-state index contributed by atoms with van der Waals surface area (Å²) in [7, 11) is 0. The highest BCUT2D eigenvalue weighted by molar-refractivity contribution is 5.97. The minimum absolute atomic E-state index is 0.105. The van der Waals surface area contributed by atoms with E-state index in [0.717, 1.165) is 5.56 Å². The highest BCUT2D eigenvalue weighted by Gasteiger charge is 2.53. The lowest BCUT2D eigenvalue weighted by Gasteiger charge is -2.19. The van der Waals surface area contributed by atoms with Crippen LogP contribution in [0.1, 0.15) is 44.5 Å². The molecule has 1 fully saturated rings. The average Bonchev–Trinajstić information content (AvgIpc) is 2.98. The van der Waals surface area contributed by atoms with Gasteiger partial charge in [-0.15, -0.1) is 0 Å². The Balaban J connectivity index is 1.93. The van der Waals surface area contributed by atoms with Crippen molar-refractivity contribution in [2.45, 2.75) is 39.7 Å². The zero-order valence-corrected chi connectivity index (χ0v) is 12.6. The van der Waals surface area contributed by atoms with E-state index in [1.165, 1.54) is 0 Å². The Morgan fingerprint density at radius 1 is 1.15 bits per heavy atom. The summed E-state index contributed by atoms with van der Waals surface area (Å²) in [6.45, 7) is 7.60. The van der Waals surface area contributed by atoms with Crippen LogP contribution in [0.3, 0.4) is 0 Å². The summed E-state index contributed by atoms with van der Waals surface area (Å²) in [6, 6.07) is 9.24. The summed E-state index contributed by atoms with van der Waals surface area (Å²) in [5.74, 6) is 0.168. The molecule has 2 rings (SSSR count). The molecule has 108 valence electrons. The lowest BCUT2D eigenvalue weighted by molar-refractivity contribution is -0.157. The molecule has 1 aliphatic rings. The van der Waals surface area contributed by atoms with Crippen molar-refractivity contribution < 1.29 is 14.3 Å². The zero-order valence-electron chi connectivity index (χ0n) is 12.6. The zero-order chi connectivity index (χ0) is 14.9. The number of rotatable bonds is 4. The standard InChI is InChI=1S/C17H22O3/c1-11-13(15(11)16(19)20-17(2,3)4)10-14(18)12-8-6-5-7-9-12/h5-9,11,13,15H,10H2,1-4H3/t11-,13-,15-/m1/s1. The van der Waals surface area contributed by atoms with E-state index >= 15 is 0 Å². The second kappa shape index (κ2) is 5.39. The Morgan fingerprint density at radius 2 is 1.75 bits per heavy atom. The van der Waals surface area contributed by atoms with Crippen LogP contribution >= 0.6 is 0 Å². The van der Waals surface area contributed by atoms with Crippen LogP contribution in [0.4, 0.5) is 0 Å².